The van der Waals surface area contributed by atoms with Gasteiger partial charge in [0.25, 0.3) is 11.8 Å². The van der Waals surface area contributed by atoms with Crippen molar-refractivity contribution in [2.24, 2.45) is 5.73 Å². The molecular formula is C35H45N5O4. The average Bonchev–Trinajstić information content (AvgIpc) is 3.04. The summed E-state index contributed by atoms with van der Waals surface area (Å²) < 4.78 is 0. The molecule has 6 N–H and O–H groups in total. The van der Waals surface area contributed by atoms with Gasteiger partial charge in [0.2, 0.25) is 0 Å². The minimum atomic E-state index is -0.250. The number of hydrogen-bond acceptors (Lipinski definition) is 5. The lowest BCUT2D eigenvalue weighted by Gasteiger charge is -2.10. The normalized spacial score (nSPS) is 10.6. The Balaban J connectivity index is 1.38. The van der Waals surface area contributed by atoms with Gasteiger partial charge in [-0.15, -0.1) is 0 Å². The van der Waals surface area contributed by atoms with E-state index in [0.29, 0.717) is 55.8 Å². The third-order valence-corrected chi connectivity index (χ3v) is 7.18. The van der Waals surface area contributed by atoms with E-state index in [0.717, 1.165) is 55.2 Å². The summed E-state index contributed by atoms with van der Waals surface area (Å²) in [6, 6.07) is 21.2. The number of hydrogen-bond donors (Lipinski definition) is 5. The molecular weight excluding hydrogens is 554 g/mol. The van der Waals surface area contributed by atoms with Gasteiger partial charge in [-0.25, -0.2) is 4.79 Å². The van der Waals surface area contributed by atoms with Gasteiger partial charge in [0.15, 0.2) is 0 Å². The first-order valence-electron chi connectivity index (χ1n) is 15.5. The van der Waals surface area contributed by atoms with Crippen molar-refractivity contribution in [2.75, 3.05) is 18.4 Å². The number of unbranched alkanes of at least 4 members (excludes halogenated alkanes) is 4. The summed E-state index contributed by atoms with van der Waals surface area (Å²) in [4.78, 5) is 49.4. The zero-order valence-corrected chi connectivity index (χ0v) is 25.6. The third-order valence-electron chi connectivity index (χ3n) is 7.18. The van der Waals surface area contributed by atoms with Crippen LogP contribution >= 0.6 is 0 Å². The predicted octanol–water partition coefficient (Wildman–Crippen LogP) is 5.49. The fourth-order valence-corrected chi connectivity index (χ4v) is 4.53. The van der Waals surface area contributed by atoms with Crippen LogP contribution in [0.1, 0.15) is 89.3 Å². The molecule has 9 nitrogen and oxygen atoms in total. The molecule has 3 aromatic rings. The molecule has 0 fully saturated rings. The predicted molar refractivity (Wildman–Crippen MR) is 174 cm³/mol. The second kappa shape index (κ2) is 18.9. The molecule has 0 aliphatic carbocycles. The van der Waals surface area contributed by atoms with Gasteiger partial charge < -0.3 is 27.0 Å². The summed E-state index contributed by atoms with van der Waals surface area (Å²) in [6.07, 6.45) is 6.93. The molecule has 4 amide bonds. The Bertz CT molecular complexity index is 1230. The van der Waals surface area contributed by atoms with E-state index in [-0.39, 0.29) is 23.6 Å². The van der Waals surface area contributed by atoms with Gasteiger partial charge in [-0.1, -0.05) is 62.6 Å². The van der Waals surface area contributed by atoms with Crippen LogP contribution in [0.5, 0.6) is 0 Å². The van der Waals surface area contributed by atoms with Gasteiger partial charge >= 0.3 is 6.03 Å². The molecule has 0 atom stereocenters. The average molecular weight is 600 g/mol. The Hall–Kier alpha value is -4.50. The van der Waals surface area contributed by atoms with Crippen LogP contribution in [0, 0.1) is 0 Å². The maximum Gasteiger partial charge on any atom is 0.319 e. The van der Waals surface area contributed by atoms with E-state index in [1.807, 2.05) is 36.4 Å². The first kappa shape index (κ1) is 34.0. The lowest BCUT2D eigenvalue weighted by Crippen LogP contribution is -2.29. The zero-order chi connectivity index (χ0) is 31.6. The standard InChI is InChI=1S/C35H45N5O4/c1-2-3-7-22-37-35(44)40-31-19-13-28(14-20-31)25-39-34(43)30-17-15-29(16-18-30)33(42)38-24-27-11-9-26(10-12-27)23-32(41)8-5-4-6-21-36/h9-20H,2-8,21-25,36H2,1H3,(H,38,42)(H,39,43)(H2,37,40,44). The number of nitrogens with one attached hydrogen (secondary N) is 4. The number of nitrogens with two attached hydrogens (primary N) is 1. The molecule has 234 valence electrons. The van der Waals surface area contributed by atoms with Crippen LogP contribution in [0.3, 0.4) is 0 Å². The number of amides is 4. The third kappa shape index (κ3) is 12.4. The molecule has 0 saturated carbocycles. The highest BCUT2D eigenvalue weighted by atomic mass is 16.2. The number of carbonyl (C=O) groups is 4. The van der Waals surface area contributed by atoms with E-state index >= 15 is 0 Å². The molecule has 0 aliphatic heterocycles. The van der Waals surface area contributed by atoms with Crippen molar-refractivity contribution < 1.29 is 19.2 Å². The summed E-state index contributed by atoms with van der Waals surface area (Å²) in [5.74, 6) is -0.265. The van der Waals surface area contributed by atoms with Crippen LogP contribution in [0.15, 0.2) is 72.8 Å². The van der Waals surface area contributed by atoms with E-state index in [2.05, 4.69) is 28.2 Å². The molecule has 0 unspecified atom stereocenters. The minimum Gasteiger partial charge on any atom is -0.348 e. The molecule has 3 rings (SSSR count). The van der Waals surface area contributed by atoms with Gasteiger partial charge in [-0.3, -0.25) is 14.4 Å². The fraction of sp³-hybridized carbons (Fsp3) is 0.371. The van der Waals surface area contributed by atoms with E-state index in [1.165, 1.54) is 0 Å². The minimum absolute atomic E-state index is 0.224. The van der Waals surface area contributed by atoms with Crippen molar-refractivity contribution in [2.45, 2.75) is 71.4 Å². The lowest BCUT2D eigenvalue weighted by molar-refractivity contribution is -0.118. The molecule has 0 radical (unpaired) electrons. The zero-order valence-electron chi connectivity index (χ0n) is 25.6. The van der Waals surface area contributed by atoms with Crippen LogP contribution in [-0.4, -0.2) is 36.7 Å². The molecule has 0 spiro atoms. The summed E-state index contributed by atoms with van der Waals surface area (Å²) in [6.45, 7) is 4.10. The van der Waals surface area contributed by atoms with Gasteiger partial charge in [-0.05, 0) is 78.9 Å². The monoisotopic (exact) mass is 599 g/mol. The molecule has 0 bridgehead atoms. The van der Waals surface area contributed by atoms with Crippen molar-refractivity contribution in [3.8, 4) is 0 Å². The van der Waals surface area contributed by atoms with Crippen LogP contribution in [0.4, 0.5) is 10.5 Å². The molecule has 0 heterocycles. The number of ketones is 1. The highest BCUT2D eigenvalue weighted by Gasteiger charge is 2.10. The van der Waals surface area contributed by atoms with Crippen molar-refractivity contribution in [3.05, 3.63) is 101 Å². The number of Topliss-reactive ketones (excluding diaryl/α,β-unsaturated/α-hetero) is 1. The van der Waals surface area contributed by atoms with E-state index in [1.54, 1.807) is 36.4 Å². The lowest BCUT2D eigenvalue weighted by atomic mass is 10.0. The number of urea groups is 1. The smallest absolute Gasteiger partial charge is 0.319 e. The maximum atomic E-state index is 12.6. The highest BCUT2D eigenvalue weighted by Crippen LogP contribution is 2.12. The van der Waals surface area contributed by atoms with Crippen molar-refractivity contribution in [1.29, 1.82) is 0 Å². The quantitative estimate of drug-likeness (QED) is 0.123. The summed E-state index contributed by atoms with van der Waals surface area (Å²) in [5.41, 5.74) is 9.86. The highest BCUT2D eigenvalue weighted by molar-refractivity contribution is 5.97. The summed E-state index contributed by atoms with van der Waals surface area (Å²) in [5, 5.41) is 11.4. The SMILES string of the molecule is CCCCCNC(=O)Nc1ccc(CNC(=O)c2ccc(C(=O)NCc3ccc(CC(=O)CCCCCN)cc3)cc2)cc1. The Morgan fingerprint density at radius 3 is 1.70 bits per heavy atom. The molecule has 0 aromatic heterocycles. The Labute approximate surface area is 260 Å². The van der Waals surface area contributed by atoms with Crippen molar-refractivity contribution in [1.82, 2.24) is 16.0 Å². The molecule has 0 aliphatic rings. The number of anilines is 1. The van der Waals surface area contributed by atoms with Crippen molar-refractivity contribution >= 4 is 29.3 Å². The fourth-order valence-electron chi connectivity index (χ4n) is 4.53. The van der Waals surface area contributed by atoms with Crippen molar-refractivity contribution in [3.63, 3.8) is 0 Å². The largest absolute Gasteiger partial charge is 0.348 e. The Morgan fingerprint density at radius 1 is 0.614 bits per heavy atom. The molecule has 3 aromatic carbocycles. The van der Waals surface area contributed by atoms with Gasteiger partial charge in [0.05, 0.1) is 0 Å². The van der Waals surface area contributed by atoms with Crippen LogP contribution in [-0.2, 0) is 24.3 Å². The Kier molecular flexibility index (Phi) is 14.6. The number of benzene rings is 3. The van der Waals surface area contributed by atoms with Gasteiger partial charge in [0.1, 0.15) is 5.78 Å². The molecule has 44 heavy (non-hydrogen) atoms. The molecule has 0 saturated heterocycles. The van der Waals surface area contributed by atoms with E-state index in [4.69, 9.17) is 5.73 Å². The van der Waals surface area contributed by atoms with Gasteiger partial charge in [0, 0.05) is 49.3 Å². The van der Waals surface area contributed by atoms with E-state index < -0.39 is 0 Å². The first-order valence-corrected chi connectivity index (χ1v) is 15.5. The molecule has 9 heteroatoms. The van der Waals surface area contributed by atoms with E-state index in [9.17, 15) is 19.2 Å². The van der Waals surface area contributed by atoms with Crippen LogP contribution < -0.4 is 27.0 Å². The second-order valence-corrected chi connectivity index (χ2v) is 10.9. The maximum absolute atomic E-state index is 12.6. The topological polar surface area (TPSA) is 142 Å². The Morgan fingerprint density at radius 2 is 1.16 bits per heavy atom. The van der Waals surface area contributed by atoms with Gasteiger partial charge in [-0.2, -0.15) is 0 Å². The summed E-state index contributed by atoms with van der Waals surface area (Å²) in [7, 11) is 0. The summed E-state index contributed by atoms with van der Waals surface area (Å²) >= 11 is 0. The van der Waals surface area contributed by atoms with Crippen LogP contribution in [0.25, 0.3) is 0 Å². The second-order valence-electron chi connectivity index (χ2n) is 10.9. The van der Waals surface area contributed by atoms with Crippen LogP contribution in [0.2, 0.25) is 0 Å². The first-order chi connectivity index (χ1) is 21.4. The number of rotatable bonds is 18. The number of carbonyl (C=O) groups excluding carboxylic acids is 4.